The van der Waals surface area contributed by atoms with Gasteiger partial charge in [0.25, 0.3) is 0 Å². The lowest BCUT2D eigenvalue weighted by molar-refractivity contribution is -0.138. The molecule has 0 radical (unpaired) electrons. The first kappa shape index (κ1) is 18.4. The van der Waals surface area contributed by atoms with Crippen LogP contribution < -0.4 is 0 Å². The van der Waals surface area contributed by atoms with Gasteiger partial charge < -0.3 is 14.3 Å². The number of benzene rings is 1. The summed E-state index contributed by atoms with van der Waals surface area (Å²) in [5, 5.41) is 11.4. The van der Waals surface area contributed by atoms with Crippen LogP contribution in [0.5, 0.6) is 0 Å². The summed E-state index contributed by atoms with van der Waals surface area (Å²) in [6, 6.07) is 10.5. The molecule has 2 heterocycles. The third kappa shape index (κ3) is 4.03. The summed E-state index contributed by atoms with van der Waals surface area (Å²) in [4.78, 5) is 17.2. The summed E-state index contributed by atoms with van der Waals surface area (Å²) in [6.07, 6.45) is 1.66. The molecule has 0 saturated heterocycles. The van der Waals surface area contributed by atoms with Gasteiger partial charge in [0.2, 0.25) is 0 Å². The second kappa shape index (κ2) is 7.85. The number of hydrogen-bond donors (Lipinski definition) is 1. The normalized spacial score (nSPS) is 17.3. The molecule has 26 heavy (non-hydrogen) atoms. The van der Waals surface area contributed by atoms with Gasteiger partial charge in [0.1, 0.15) is 27.9 Å². The highest BCUT2D eigenvalue weighted by Crippen LogP contribution is 2.40. The Morgan fingerprint density at radius 1 is 1.38 bits per heavy atom. The minimum Gasteiger partial charge on any atom is -0.506 e. The van der Waals surface area contributed by atoms with E-state index in [9.17, 15) is 9.90 Å². The van der Waals surface area contributed by atoms with Gasteiger partial charge in [-0.05, 0) is 50.3 Å². The Balaban J connectivity index is 2.04. The summed E-state index contributed by atoms with van der Waals surface area (Å²) in [6.45, 7) is 3.73. The number of furan rings is 1. The molecule has 0 amide bonds. The van der Waals surface area contributed by atoms with Crippen LogP contribution in [-0.2, 0) is 9.53 Å². The summed E-state index contributed by atoms with van der Waals surface area (Å²) in [7, 11) is 0. The monoisotopic (exact) mass is 389 g/mol. The predicted molar refractivity (Wildman–Crippen MR) is 104 cm³/mol. The highest BCUT2D eigenvalue weighted by Gasteiger charge is 2.33. The summed E-state index contributed by atoms with van der Waals surface area (Å²) < 4.78 is 10.6. The molecule has 0 saturated carbocycles. The number of nitrogens with zero attached hydrogens (tertiary/aromatic N) is 1. The average molecular weight is 390 g/mol. The Morgan fingerprint density at radius 3 is 2.85 bits per heavy atom. The van der Waals surface area contributed by atoms with E-state index in [2.05, 4.69) is 4.99 Å². The fourth-order valence-electron chi connectivity index (χ4n) is 2.31. The Morgan fingerprint density at radius 2 is 2.19 bits per heavy atom. The lowest BCUT2D eigenvalue weighted by Crippen LogP contribution is -2.12. The smallest absolute Gasteiger partial charge is 0.344 e. The zero-order valence-electron chi connectivity index (χ0n) is 14.2. The Labute approximate surface area is 160 Å². The molecule has 5 nitrogen and oxygen atoms in total. The lowest BCUT2D eigenvalue weighted by atomic mass is 10.2. The van der Waals surface area contributed by atoms with E-state index in [1.165, 1.54) is 11.8 Å². The summed E-state index contributed by atoms with van der Waals surface area (Å²) >= 11 is 7.16. The van der Waals surface area contributed by atoms with E-state index in [1.54, 1.807) is 43.3 Å². The van der Waals surface area contributed by atoms with E-state index in [-0.39, 0.29) is 17.9 Å². The Bertz CT molecular complexity index is 943. The van der Waals surface area contributed by atoms with Gasteiger partial charge in [0, 0.05) is 5.02 Å². The minimum absolute atomic E-state index is 0.0337. The molecule has 0 spiro atoms. The second-order valence-corrected chi connectivity index (χ2v) is 6.87. The van der Waals surface area contributed by atoms with Crippen LogP contribution in [0.3, 0.4) is 0 Å². The van der Waals surface area contributed by atoms with Gasteiger partial charge in [0.05, 0.1) is 17.2 Å². The molecule has 1 aliphatic rings. The highest BCUT2D eigenvalue weighted by atomic mass is 35.5. The molecule has 134 valence electrons. The van der Waals surface area contributed by atoms with Crippen LogP contribution in [0.25, 0.3) is 6.08 Å². The number of aliphatic imine (C=N–C) groups is 1. The molecule has 1 aromatic carbocycles. The molecule has 1 N–H and O–H groups in total. The van der Waals surface area contributed by atoms with Crippen molar-refractivity contribution in [3.05, 3.63) is 69.2 Å². The number of carbonyl (C=O) groups excluding carboxylic acids is 1. The SMILES string of the molecule is CCOC(=O)C1=C(O)/C(=C/c2ccc(C)o2)SC1=Nc1cccc(Cl)c1. The van der Waals surface area contributed by atoms with Crippen LogP contribution in [-0.4, -0.2) is 22.7 Å². The van der Waals surface area contributed by atoms with Crippen LogP contribution in [0.2, 0.25) is 5.02 Å². The standard InChI is InChI=1S/C19H16ClNO4S/c1-3-24-19(23)16-17(22)15(10-14-8-7-11(2)25-14)26-18(16)21-13-6-4-5-12(20)9-13/h4-10,22H,3H2,1-2H3/b15-10-,21-18?. The van der Waals surface area contributed by atoms with Gasteiger partial charge in [-0.15, -0.1) is 0 Å². The summed E-state index contributed by atoms with van der Waals surface area (Å²) in [5.41, 5.74) is 0.607. The minimum atomic E-state index is -0.627. The first-order valence-electron chi connectivity index (χ1n) is 7.89. The molecular formula is C19H16ClNO4S. The topological polar surface area (TPSA) is 72.0 Å². The number of aliphatic hydroxyl groups excluding tert-OH is 1. The number of esters is 1. The van der Waals surface area contributed by atoms with Crippen molar-refractivity contribution in [1.82, 2.24) is 0 Å². The molecule has 1 aliphatic heterocycles. The van der Waals surface area contributed by atoms with E-state index in [4.69, 9.17) is 20.8 Å². The molecule has 7 heteroatoms. The highest BCUT2D eigenvalue weighted by molar-refractivity contribution is 8.18. The molecule has 0 fully saturated rings. The molecule has 3 rings (SSSR count). The zero-order valence-corrected chi connectivity index (χ0v) is 15.7. The molecule has 1 aromatic heterocycles. The van der Waals surface area contributed by atoms with Crippen LogP contribution in [0, 0.1) is 6.92 Å². The zero-order chi connectivity index (χ0) is 18.7. The van der Waals surface area contributed by atoms with Crippen molar-refractivity contribution in [3.63, 3.8) is 0 Å². The van der Waals surface area contributed by atoms with E-state index in [0.717, 1.165) is 5.76 Å². The van der Waals surface area contributed by atoms with Crippen molar-refractivity contribution >= 4 is 46.1 Å². The number of rotatable bonds is 4. The van der Waals surface area contributed by atoms with Crippen LogP contribution in [0.1, 0.15) is 18.4 Å². The maximum atomic E-state index is 12.3. The Hall–Kier alpha value is -2.44. The first-order valence-corrected chi connectivity index (χ1v) is 9.08. The number of aryl methyl sites for hydroxylation is 1. The molecule has 2 aromatic rings. The lowest BCUT2D eigenvalue weighted by Gasteiger charge is -2.04. The molecule has 0 atom stereocenters. The van der Waals surface area contributed by atoms with E-state index in [1.807, 2.05) is 13.0 Å². The maximum absolute atomic E-state index is 12.3. The van der Waals surface area contributed by atoms with Crippen molar-refractivity contribution in [3.8, 4) is 0 Å². The maximum Gasteiger partial charge on any atom is 0.344 e. The number of ether oxygens (including phenoxy) is 1. The van der Waals surface area contributed by atoms with Crippen LogP contribution >= 0.6 is 23.4 Å². The second-order valence-electron chi connectivity index (χ2n) is 5.40. The Kier molecular flexibility index (Phi) is 5.54. The predicted octanol–water partition coefficient (Wildman–Crippen LogP) is 5.43. The molecular weight excluding hydrogens is 374 g/mol. The van der Waals surface area contributed by atoms with Crippen molar-refractivity contribution in [2.24, 2.45) is 4.99 Å². The average Bonchev–Trinajstić information content (AvgIpc) is 3.12. The van der Waals surface area contributed by atoms with Gasteiger partial charge in [-0.25, -0.2) is 9.79 Å². The van der Waals surface area contributed by atoms with Gasteiger partial charge >= 0.3 is 5.97 Å². The largest absolute Gasteiger partial charge is 0.506 e. The van der Waals surface area contributed by atoms with Crippen molar-refractivity contribution in [1.29, 1.82) is 0 Å². The van der Waals surface area contributed by atoms with Gasteiger partial charge in [-0.1, -0.05) is 29.4 Å². The number of thioether (sulfide) groups is 1. The van der Waals surface area contributed by atoms with Crippen molar-refractivity contribution < 1.29 is 19.1 Å². The molecule has 0 bridgehead atoms. The van der Waals surface area contributed by atoms with E-state index in [0.29, 0.717) is 26.4 Å². The van der Waals surface area contributed by atoms with E-state index < -0.39 is 5.97 Å². The van der Waals surface area contributed by atoms with Crippen LogP contribution in [0.15, 0.2) is 62.0 Å². The third-order valence-electron chi connectivity index (χ3n) is 3.44. The molecule has 0 aliphatic carbocycles. The van der Waals surface area contributed by atoms with Crippen LogP contribution in [0.4, 0.5) is 5.69 Å². The third-order valence-corrected chi connectivity index (χ3v) is 4.70. The summed E-state index contributed by atoms with van der Waals surface area (Å²) in [5.74, 6) is 0.520. The number of hydrogen-bond acceptors (Lipinski definition) is 6. The first-order chi connectivity index (χ1) is 12.5. The number of aliphatic hydroxyl groups is 1. The number of carbonyl (C=O) groups is 1. The van der Waals surface area contributed by atoms with Gasteiger partial charge in [0.15, 0.2) is 0 Å². The van der Waals surface area contributed by atoms with Crippen molar-refractivity contribution in [2.45, 2.75) is 13.8 Å². The van der Waals surface area contributed by atoms with E-state index >= 15 is 0 Å². The van der Waals surface area contributed by atoms with Gasteiger partial charge in [-0.3, -0.25) is 0 Å². The number of halogens is 1. The fourth-order valence-corrected chi connectivity index (χ4v) is 3.51. The van der Waals surface area contributed by atoms with Crippen molar-refractivity contribution in [2.75, 3.05) is 6.61 Å². The fraction of sp³-hybridized carbons (Fsp3) is 0.158. The molecule has 0 unspecified atom stereocenters. The quantitative estimate of drug-likeness (QED) is 0.705. The van der Waals surface area contributed by atoms with Gasteiger partial charge in [-0.2, -0.15) is 0 Å².